The van der Waals surface area contributed by atoms with Crippen LogP contribution in [0.15, 0.2) is 85.2 Å². The van der Waals surface area contributed by atoms with Crippen molar-refractivity contribution in [3.05, 3.63) is 108 Å². The number of nitrogens with zero attached hydrogens (tertiary/aromatic N) is 11. The van der Waals surface area contributed by atoms with Crippen LogP contribution in [-0.4, -0.2) is 112 Å². The van der Waals surface area contributed by atoms with Gasteiger partial charge in [-0.05, 0) is 70.5 Å². The lowest BCUT2D eigenvalue weighted by Crippen LogP contribution is -2.37. The number of aromatic nitrogens is 10. The van der Waals surface area contributed by atoms with Crippen molar-refractivity contribution in [2.75, 3.05) is 46.6 Å². The van der Waals surface area contributed by atoms with Crippen molar-refractivity contribution in [1.29, 1.82) is 0 Å². The number of nitrogens with two attached hydrogens (primary N) is 2. The van der Waals surface area contributed by atoms with Gasteiger partial charge in [0.15, 0.2) is 11.6 Å². The summed E-state index contributed by atoms with van der Waals surface area (Å²) >= 11 is 0. The van der Waals surface area contributed by atoms with Gasteiger partial charge in [0, 0.05) is 102 Å². The van der Waals surface area contributed by atoms with E-state index in [0.29, 0.717) is 91.6 Å². The van der Waals surface area contributed by atoms with Crippen LogP contribution in [-0.2, 0) is 30.9 Å². The van der Waals surface area contributed by atoms with Crippen LogP contribution in [0, 0.1) is 13.8 Å². The number of hydrogen-bond donors (Lipinski definition) is 2. The predicted octanol–water partition coefficient (Wildman–Crippen LogP) is 7.10. The average Bonchev–Trinajstić information content (AvgIpc) is 4.13. The summed E-state index contributed by atoms with van der Waals surface area (Å²) in [5.41, 5.74) is 20.6. The maximum atomic E-state index is 12.8. The maximum Gasteiger partial charge on any atom is 0.248 e. The van der Waals surface area contributed by atoms with Gasteiger partial charge >= 0.3 is 0 Å². The van der Waals surface area contributed by atoms with E-state index in [1.165, 1.54) is 0 Å². The Bertz CT molecular complexity index is 3500. The molecule has 358 valence electrons. The van der Waals surface area contributed by atoms with Crippen LogP contribution in [0.5, 0.6) is 11.5 Å². The summed E-state index contributed by atoms with van der Waals surface area (Å²) in [6.45, 7) is 14.6. The Morgan fingerprint density at radius 1 is 0.700 bits per heavy atom. The molecule has 0 spiro atoms. The average molecular weight is 942 g/mol. The Kier molecular flexibility index (Phi) is 12.6. The van der Waals surface area contributed by atoms with Crippen molar-refractivity contribution in [2.45, 2.75) is 60.3 Å². The number of rotatable bonds is 17. The molecule has 0 radical (unpaired) electrons. The molecular weight excluding hydrogens is 887 g/mol. The molecule has 3 aromatic carbocycles. The van der Waals surface area contributed by atoms with Crippen molar-refractivity contribution in [3.63, 3.8) is 0 Å². The molecule has 0 aliphatic carbocycles. The number of ether oxygens (including phenoxy) is 3. The van der Waals surface area contributed by atoms with Gasteiger partial charge in [-0.15, -0.1) is 0 Å². The number of fused-ring (bicyclic) bond motifs is 6. The van der Waals surface area contributed by atoms with Crippen LogP contribution in [0.2, 0.25) is 0 Å². The molecule has 18 heteroatoms. The Morgan fingerprint density at radius 3 is 1.84 bits per heavy atom. The highest BCUT2D eigenvalue weighted by Crippen LogP contribution is 2.39. The zero-order valence-electron chi connectivity index (χ0n) is 40.0. The molecule has 6 aromatic heterocycles. The molecule has 4 N–H and O–H groups in total. The molecule has 2 amide bonds. The molecule has 7 heterocycles. The zero-order chi connectivity index (χ0) is 48.6. The van der Waals surface area contributed by atoms with Gasteiger partial charge in [-0.25, -0.2) is 19.9 Å². The highest BCUT2D eigenvalue weighted by Gasteiger charge is 2.24. The summed E-state index contributed by atoms with van der Waals surface area (Å²) in [6.07, 6.45) is 8.50. The first kappa shape index (κ1) is 45.8. The van der Waals surface area contributed by atoms with Gasteiger partial charge in [0.05, 0.1) is 55.0 Å². The van der Waals surface area contributed by atoms with Crippen LogP contribution in [0.1, 0.15) is 52.4 Å². The molecule has 1 fully saturated rings. The molecule has 0 saturated carbocycles. The number of amides is 2. The summed E-state index contributed by atoms with van der Waals surface area (Å²) in [4.78, 5) is 48.1. The number of primary amides is 2. The number of morpholine rings is 1. The summed E-state index contributed by atoms with van der Waals surface area (Å²) in [5, 5.41) is 12.3. The fourth-order valence-corrected chi connectivity index (χ4v) is 9.62. The number of carbonyl (C=O) groups excluding carboxylic acids is 2. The van der Waals surface area contributed by atoms with E-state index in [1.54, 1.807) is 43.8 Å². The molecular formula is C52H55N13O5. The zero-order valence-corrected chi connectivity index (χ0v) is 40.0. The minimum atomic E-state index is -0.578. The Morgan fingerprint density at radius 2 is 1.24 bits per heavy atom. The standard InChI is InChI=1S/C52H55N13O5/c1-6-64-41(23-31(3)59-64)35-13-8-9-14-36(35)49-55-29-39-37-25-33(47(53)66)27-43(68-5)45(37)62(51(39)57-49)16-10-11-17-63-46-38(40-30-56-50(58-52(40)63)42-24-32(4)60-65(42)7-2)26-34(48(54)67)28-44(46)70-20-12-15-61-18-21-69-22-19-61/h8-11,13-14,23-30H,6-7,12,15-22H2,1-5H3,(H2,53,66)(H2,54,67)/b11-10+. The van der Waals surface area contributed by atoms with Crippen molar-refractivity contribution >= 4 is 55.7 Å². The van der Waals surface area contributed by atoms with Crippen molar-refractivity contribution in [1.82, 2.24) is 53.5 Å². The Labute approximate surface area is 403 Å². The second kappa shape index (κ2) is 19.2. The van der Waals surface area contributed by atoms with Crippen molar-refractivity contribution in [2.24, 2.45) is 11.5 Å². The molecule has 0 unspecified atom stereocenters. The third-order valence-corrected chi connectivity index (χ3v) is 12.9. The van der Waals surface area contributed by atoms with Gasteiger partial charge in [0.25, 0.3) is 0 Å². The van der Waals surface area contributed by atoms with Crippen LogP contribution >= 0.6 is 0 Å². The molecule has 1 aliphatic rings. The summed E-state index contributed by atoms with van der Waals surface area (Å²) in [5.74, 6) is 0.894. The molecule has 0 bridgehead atoms. The van der Waals surface area contributed by atoms with Crippen LogP contribution in [0.4, 0.5) is 0 Å². The van der Waals surface area contributed by atoms with Crippen molar-refractivity contribution in [3.8, 4) is 45.7 Å². The van der Waals surface area contributed by atoms with E-state index < -0.39 is 11.8 Å². The molecule has 1 saturated heterocycles. The maximum absolute atomic E-state index is 12.8. The van der Waals surface area contributed by atoms with Crippen LogP contribution in [0.3, 0.4) is 0 Å². The van der Waals surface area contributed by atoms with Gasteiger partial charge in [0.2, 0.25) is 11.8 Å². The lowest BCUT2D eigenvalue weighted by molar-refractivity contribution is 0.0358. The second-order valence-corrected chi connectivity index (χ2v) is 17.4. The van der Waals surface area contributed by atoms with Gasteiger partial charge < -0.3 is 34.8 Å². The van der Waals surface area contributed by atoms with Crippen LogP contribution in [0.25, 0.3) is 78.0 Å². The first-order valence-corrected chi connectivity index (χ1v) is 23.6. The molecule has 10 rings (SSSR count). The van der Waals surface area contributed by atoms with Crippen LogP contribution < -0.4 is 20.9 Å². The monoisotopic (exact) mass is 941 g/mol. The van der Waals surface area contributed by atoms with E-state index in [4.69, 9.17) is 50.7 Å². The third-order valence-electron chi connectivity index (χ3n) is 12.9. The molecule has 18 nitrogen and oxygen atoms in total. The fraction of sp³-hybridized carbons (Fsp3) is 0.308. The lowest BCUT2D eigenvalue weighted by atomic mass is 10.0. The summed E-state index contributed by atoms with van der Waals surface area (Å²) in [6, 6.07) is 19.1. The largest absolute Gasteiger partial charge is 0.495 e. The number of methoxy groups -OCH3 is 1. The van der Waals surface area contributed by atoms with Gasteiger partial charge in [-0.3, -0.25) is 23.9 Å². The number of allylic oxidation sites excluding steroid dienone is 2. The van der Waals surface area contributed by atoms with E-state index in [9.17, 15) is 9.59 Å². The molecule has 9 aromatic rings. The first-order valence-electron chi connectivity index (χ1n) is 23.6. The number of hydrogen-bond acceptors (Lipinski definition) is 12. The van der Waals surface area contributed by atoms with E-state index >= 15 is 0 Å². The quantitative estimate of drug-likeness (QED) is 0.0691. The lowest BCUT2D eigenvalue weighted by Gasteiger charge is -2.26. The minimum absolute atomic E-state index is 0.306. The normalized spacial score (nSPS) is 13.4. The third kappa shape index (κ3) is 8.49. The van der Waals surface area contributed by atoms with E-state index in [0.717, 1.165) is 92.5 Å². The highest BCUT2D eigenvalue weighted by atomic mass is 16.5. The summed E-state index contributed by atoms with van der Waals surface area (Å²) in [7, 11) is 1.57. The SMILES string of the molecule is CCn1nc(C)cc1-c1ncc2c3cc(C(N)=O)cc(OCCCN4CCOCC4)c3n(C/C=C/Cn3c4nc(-c5ccccc5-c5cc(C)nn5CC)ncc4c4cc(C(N)=O)cc(OC)c43)c2n1. The van der Waals surface area contributed by atoms with Gasteiger partial charge in [-0.1, -0.05) is 36.4 Å². The molecule has 1 aliphatic heterocycles. The molecule has 70 heavy (non-hydrogen) atoms. The topological polar surface area (TPSA) is 214 Å². The van der Waals surface area contributed by atoms with Gasteiger partial charge in [0.1, 0.15) is 28.5 Å². The predicted molar refractivity (Wildman–Crippen MR) is 269 cm³/mol. The number of benzene rings is 3. The van der Waals surface area contributed by atoms with Gasteiger partial charge in [-0.2, -0.15) is 10.2 Å². The number of aryl methyl sites for hydroxylation is 4. The molecule has 0 atom stereocenters. The number of carbonyl (C=O) groups is 2. The van der Waals surface area contributed by atoms with E-state index in [-0.39, 0.29) is 0 Å². The first-order chi connectivity index (χ1) is 34.0. The Hall–Kier alpha value is -7.96. The van der Waals surface area contributed by atoms with Crippen molar-refractivity contribution < 1.29 is 23.8 Å². The van der Waals surface area contributed by atoms with E-state index in [2.05, 4.69) is 50.3 Å². The minimum Gasteiger partial charge on any atom is -0.495 e. The Balaban J connectivity index is 1.09. The summed E-state index contributed by atoms with van der Waals surface area (Å²) < 4.78 is 26.1. The fourth-order valence-electron chi connectivity index (χ4n) is 9.62. The highest BCUT2D eigenvalue weighted by molar-refractivity contribution is 6.13. The second-order valence-electron chi connectivity index (χ2n) is 17.4. The smallest absolute Gasteiger partial charge is 0.248 e. The van der Waals surface area contributed by atoms with E-state index in [1.807, 2.05) is 54.4 Å².